The van der Waals surface area contributed by atoms with Gasteiger partial charge in [-0.15, -0.1) is 0 Å². The molecule has 0 radical (unpaired) electrons. The van der Waals surface area contributed by atoms with E-state index in [2.05, 4.69) is 15.3 Å². The van der Waals surface area contributed by atoms with Gasteiger partial charge in [-0.1, -0.05) is 24.3 Å². The molecule has 0 aliphatic heterocycles. The van der Waals surface area contributed by atoms with Gasteiger partial charge in [0, 0.05) is 11.3 Å². The Kier molecular flexibility index (Phi) is 4.55. The topological polar surface area (TPSA) is 90.0 Å². The number of benzene rings is 3. The molecule has 0 fully saturated rings. The molecule has 5 aromatic rings. The molecule has 0 atom stereocenters. The monoisotopic (exact) mass is 410 g/mol. The fraction of sp³-hybridized carbons (Fsp3) is 0.0833. The number of nitrogens with zero attached hydrogens (tertiary/aromatic N) is 3. The summed E-state index contributed by atoms with van der Waals surface area (Å²) in [6.07, 6.45) is 1.41. The minimum Gasteiger partial charge on any atom is -0.436 e. The van der Waals surface area contributed by atoms with E-state index in [0.717, 1.165) is 22.2 Å². The van der Waals surface area contributed by atoms with Crippen LogP contribution in [0.4, 0.5) is 5.69 Å². The minimum atomic E-state index is -0.314. The fourth-order valence-corrected chi connectivity index (χ4v) is 3.50. The summed E-state index contributed by atoms with van der Waals surface area (Å²) in [5.41, 5.74) is 4.26. The van der Waals surface area contributed by atoms with Crippen molar-refractivity contribution in [2.75, 3.05) is 5.32 Å². The molecule has 1 amide bonds. The van der Waals surface area contributed by atoms with Gasteiger partial charge in [0.2, 0.25) is 11.8 Å². The van der Waals surface area contributed by atoms with Gasteiger partial charge < -0.3 is 9.73 Å². The van der Waals surface area contributed by atoms with Crippen molar-refractivity contribution in [2.24, 2.45) is 0 Å². The first-order chi connectivity index (χ1) is 15.1. The summed E-state index contributed by atoms with van der Waals surface area (Å²) < 4.78 is 7.08. The molecule has 0 bridgehead atoms. The van der Waals surface area contributed by atoms with Crippen molar-refractivity contribution < 1.29 is 9.21 Å². The zero-order chi connectivity index (χ0) is 21.4. The van der Waals surface area contributed by atoms with Gasteiger partial charge in [-0.05, 0) is 55.0 Å². The van der Waals surface area contributed by atoms with Crippen LogP contribution in [0, 0.1) is 6.92 Å². The zero-order valence-corrected chi connectivity index (χ0v) is 16.7. The highest BCUT2D eigenvalue weighted by atomic mass is 16.3. The Bertz CT molecular complexity index is 1450. The molecule has 0 spiro atoms. The third-order valence-electron chi connectivity index (χ3n) is 5.08. The van der Waals surface area contributed by atoms with Crippen LogP contribution in [0.3, 0.4) is 0 Å². The van der Waals surface area contributed by atoms with Gasteiger partial charge in [0.1, 0.15) is 12.1 Å². The van der Waals surface area contributed by atoms with Crippen LogP contribution in [0.5, 0.6) is 0 Å². The SMILES string of the molecule is Cc1cccc2c(=O)n(CC(=O)Nc3ccc(-c4nc5ccccc5o4)cc3)cnc12. The molecule has 0 saturated heterocycles. The van der Waals surface area contributed by atoms with Crippen molar-refractivity contribution in [1.82, 2.24) is 14.5 Å². The number of rotatable bonds is 4. The third kappa shape index (κ3) is 3.57. The second kappa shape index (κ2) is 7.53. The van der Waals surface area contributed by atoms with E-state index in [1.807, 2.05) is 55.5 Å². The van der Waals surface area contributed by atoms with Crippen LogP contribution in [-0.2, 0) is 11.3 Å². The van der Waals surface area contributed by atoms with Crippen molar-refractivity contribution in [3.8, 4) is 11.5 Å². The lowest BCUT2D eigenvalue weighted by molar-refractivity contribution is -0.116. The van der Waals surface area contributed by atoms with E-state index in [4.69, 9.17) is 4.42 Å². The molecule has 3 aromatic carbocycles. The highest BCUT2D eigenvalue weighted by molar-refractivity contribution is 5.91. The Morgan fingerprint density at radius 2 is 1.84 bits per heavy atom. The maximum atomic E-state index is 12.7. The number of aromatic nitrogens is 3. The smallest absolute Gasteiger partial charge is 0.261 e. The van der Waals surface area contributed by atoms with Gasteiger partial charge >= 0.3 is 0 Å². The van der Waals surface area contributed by atoms with E-state index in [1.165, 1.54) is 10.9 Å². The normalized spacial score (nSPS) is 11.1. The first-order valence-corrected chi connectivity index (χ1v) is 9.79. The molecule has 0 saturated carbocycles. The van der Waals surface area contributed by atoms with Crippen LogP contribution in [0.25, 0.3) is 33.5 Å². The number of hydrogen-bond acceptors (Lipinski definition) is 5. The first kappa shape index (κ1) is 18.7. The summed E-state index contributed by atoms with van der Waals surface area (Å²) in [6.45, 7) is 1.78. The van der Waals surface area contributed by atoms with Crippen LogP contribution in [0.15, 0.2) is 82.3 Å². The molecule has 0 aliphatic rings. The molecular formula is C24H18N4O3. The Labute approximate surface area is 177 Å². The van der Waals surface area contributed by atoms with E-state index in [0.29, 0.717) is 22.5 Å². The van der Waals surface area contributed by atoms with Crippen molar-refractivity contribution in [2.45, 2.75) is 13.5 Å². The number of nitrogens with one attached hydrogen (secondary N) is 1. The molecule has 5 rings (SSSR count). The Morgan fingerprint density at radius 3 is 2.65 bits per heavy atom. The number of oxazole rings is 1. The van der Waals surface area contributed by atoms with Crippen LogP contribution in [0.1, 0.15) is 5.56 Å². The second-order valence-electron chi connectivity index (χ2n) is 7.26. The van der Waals surface area contributed by atoms with E-state index >= 15 is 0 Å². The van der Waals surface area contributed by atoms with Gasteiger partial charge in [0.25, 0.3) is 5.56 Å². The van der Waals surface area contributed by atoms with E-state index in [1.54, 1.807) is 18.2 Å². The Balaban J connectivity index is 1.32. The predicted molar refractivity (Wildman–Crippen MR) is 119 cm³/mol. The quantitative estimate of drug-likeness (QED) is 0.481. The Hall–Kier alpha value is -4.26. The Morgan fingerprint density at radius 1 is 1.03 bits per heavy atom. The van der Waals surface area contributed by atoms with Crippen LogP contribution in [0.2, 0.25) is 0 Å². The van der Waals surface area contributed by atoms with Crippen LogP contribution in [-0.4, -0.2) is 20.4 Å². The van der Waals surface area contributed by atoms with E-state index in [9.17, 15) is 9.59 Å². The lowest BCUT2D eigenvalue weighted by Gasteiger charge is -2.09. The lowest BCUT2D eigenvalue weighted by atomic mass is 10.1. The highest BCUT2D eigenvalue weighted by Crippen LogP contribution is 2.25. The average Bonchev–Trinajstić information content (AvgIpc) is 3.21. The maximum absolute atomic E-state index is 12.7. The molecule has 152 valence electrons. The summed E-state index contributed by atoms with van der Waals surface area (Å²) in [4.78, 5) is 34.0. The summed E-state index contributed by atoms with van der Waals surface area (Å²) in [6, 6.07) is 20.2. The summed E-state index contributed by atoms with van der Waals surface area (Å²) >= 11 is 0. The maximum Gasteiger partial charge on any atom is 0.261 e. The molecule has 7 heteroatoms. The standard InChI is InChI=1S/C24H18N4O3/c1-15-5-4-6-18-22(15)25-14-28(24(18)30)13-21(29)26-17-11-9-16(10-12-17)23-27-19-7-2-3-8-20(19)31-23/h2-12,14H,13H2,1H3,(H,26,29). The zero-order valence-electron chi connectivity index (χ0n) is 16.7. The number of hydrogen-bond donors (Lipinski definition) is 1. The van der Waals surface area contributed by atoms with Crippen molar-refractivity contribution >= 4 is 33.6 Å². The highest BCUT2D eigenvalue weighted by Gasteiger charge is 2.11. The number of fused-ring (bicyclic) bond motifs is 2. The molecular weight excluding hydrogens is 392 g/mol. The molecule has 0 unspecified atom stereocenters. The van der Waals surface area contributed by atoms with Crippen molar-refractivity contribution in [3.63, 3.8) is 0 Å². The van der Waals surface area contributed by atoms with E-state index in [-0.39, 0.29) is 18.0 Å². The molecule has 0 aliphatic carbocycles. The second-order valence-corrected chi connectivity index (χ2v) is 7.26. The number of carbonyl (C=O) groups is 1. The lowest BCUT2D eigenvalue weighted by Crippen LogP contribution is -2.28. The van der Waals surface area contributed by atoms with Crippen LogP contribution < -0.4 is 10.9 Å². The molecule has 7 nitrogen and oxygen atoms in total. The third-order valence-corrected chi connectivity index (χ3v) is 5.08. The molecule has 1 N–H and O–H groups in total. The van der Waals surface area contributed by atoms with Gasteiger partial charge in [0.15, 0.2) is 5.58 Å². The van der Waals surface area contributed by atoms with Crippen molar-refractivity contribution in [3.05, 3.63) is 89.0 Å². The number of amides is 1. The number of anilines is 1. The molecule has 2 heterocycles. The number of carbonyl (C=O) groups excluding carboxylic acids is 1. The van der Waals surface area contributed by atoms with Gasteiger partial charge in [-0.25, -0.2) is 9.97 Å². The van der Waals surface area contributed by atoms with Crippen LogP contribution >= 0.6 is 0 Å². The summed E-state index contributed by atoms with van der Waals surface area (Å²) in [5, 5.41) is 3.30. The predicted octanol–water partition coefficient (Wildman–Crippen LogP) is 4.15. The van der Waals surface area contributed by atoms with Gasteiger partial charge in [-0.2, -0.15) is 0 Å². The molecule has 2 aromatic heterocycles. The summed E-state index contributed by atoms with van der Waals surface area (Å²) in [5.74, 6) is 0.202. The minimum absolute atomic E-state index is 0.122. The largest absolute Gasteiger partial charge is 0.436 e. The van der Waals surface area contributed by atoms with Crippen molar-refractivity contribution in [1.29, 1.82) is 0 Å². The average molecular weight is 410 g/mol. The molecule has 31 heavy (non-hydrogen) atoms. The number of aryl methyl sites for hydroxylation is 1. The number of para-hydroxylation sites is 3. The first-order valence-electron chi connectivity index (χ1n) is 9.79. The van der Waals surface area contributed by atoms with Gasteiger partial charge in [0.05, 0.1) is 17.2 Å². The van der Waals surface area contributed by atoms with E-state index < -0.39 is 0 Å². The summed E-state index contributed by atoms with van der Waals surface area (Å²) in [7, 11) is 0. The van der Waals surface area contributed by atoms with Gasteiger partial charge in [-0.3, -0.25) is 14.2 Å². The fourth-order valence-electron chi connectivity index (χ4n) is 3.50.